The van der Waals surface area contributed by atoms with Crippen molar-refractivity contribution in [2.24, 2.45) is 11.7 Å². The summed E-state index contributed by atoms with van der Waals surface area (Å²) in [6.07, 6.45) is 0. The topological polar surface area (TPSA) is 48.1 Å². The highest BCUT2D eigenvalue weighted by atomic mass is 16.5. The van der Waals surface area contributed by atoms with E-state index in [1.807, 2.05) is 19.9 Å². The van der Waals surface area contributed by atoms with Crippen molar-refractivity contribution in [2.75, 3.05) is 6.61 Å². The first kappa shape index (κ1) is 12.0. The van der Waals surface area contributed by atoms with Gasteiger partial charge in [0.15, 0.2) is 0 Å². The summed E-state index contributed by atoms with van der Waals surface area (Å²) in [6, 6.07) is 2.03. The SMILES string of the molecule is Cc1cc(C)c(CN)c(OCC(C)C)n1. The lowest BCUT2D eigenvalue weighted by molar-refractivity contribution is 0.258. The summed E-state index contributed by atoms with van der Waals surface area (Å²) in [5.74, 6) is 1.20. The summed E-state index contributed by atoms with van der Waals surface area (Å²) in [5, 5.41) is 0. The van der Waals surface area contributed by atoms with Crippen LogP contribution in [0.1, 0.15) is 30.7 Å². The number of hydrogen-bond donors (Lipinski definition) is 1. The predicted molar refractivity (Wildman–Crippen MR) is 61.9 cm³/mol. The van der Waals surface area contributed by atoms with E-state index in [0.29, 0.717) is 24.9 Å². The van der Waals surface area contributed by atoms with E-state index in [4.69, 9.17) is 10.5 Å². The largest absolute Gasteiger partial charge is 0.477 e. The van der Waals surface area contributed by atoms with E-state index in [0.717, 1.165) is 16.8 Å². The van der Waals surface area contributed by atoms with Gasteiger partial charge in [0.1, 0.15) is 0 Å². The molecule has 0 bridgehead atoms. The molecule has 2 N–H and O–H groups in total. The van der Waals surface area contributed by atoms with Gasteiger partial charge in [0.05, 0.1) is 6.61 Å². The molecule has 0 unspecified atom stereocenters. The third-order valence-corrected chi connectivity index (χ3v) is 2.19. The average molecular weight is 208 g/mol. The van der Waals surface area contributed by atoms with Crippen molar-refractivity contribution in [1.29, 1.82) is 0 Å². The number of aryl methyl sites for hydroxylation is 2. The molecule has 3 nitrogen and oxygen atoms in total. The fraction of sp³-hybridized carbons (Fsp3) is 0.583. The highest BCUT2D eigenvalue weighted by molar-refractivity contribution is 5.35. The molecule has 1 aromatic heterocycles. The molecular formula is C12H20N2O. The van der Waals surface area contributed by atoms with Gasteiger partial charge in [-0.3, -0.25) is 0 Å². The Morgan fingerprint density at radius 2 is 2.07 bits per heavy atom. The van der Waals surface area contributed by atoms with E-state index >= 15 is 0 Å². The molecule has 3 heteroatoms. The Morgan fingerprint density at radius 3 is 2.60 bits per heavy atom. The molecule has 0 aliphatic heterocycles. The molecule has 0 spiro atoms. The Kier molecular flexibility index (Phi) is 4.09. The molecule has 0 aromatic carbocycles. The van der Waals surface area contributed by atoms with Crippen molar-refractivity contribution in [1.82, 2.24) is 4.98 Å². The molecule has 1 heterocycles. The number of nitrogens with zero attached hydrogens (tertiary/aromatic N) is 1. The number of aromatic nitrogens is 1. The van der Waals surface area contributed by atoms with Crippen LogP contribution in [0.4, 0.5) is 0 Å². The lowest BCUT2D eigenvalue weighted by Crippen LogP contribution is -2.11. The van der Waals surface area contributed by atoms with Crippen LogP contribution in [-0.4, -0.2) is 11.6 Å². The van der Waals surface area contributed by atoms with Crippen LogP contribution in [-0.2, 0) is 6.54 Å². The maximum atomic E-state index is 5.69. The second-order valence-corrected chi connectivity index (χ2v) is 4.27. The van der Waals surface area contributed by atoms with Gasteiger partial charge in [-0.25, -0.2) is 4.98 Å². The van der Waals surface area contributed by atoms with E-state index in [2.05, 4.69) is 18.8 Å². The van der Waals surface area contributed by atoms with Gasteiger partial charge in [-0.1, -0.05) is 13.8 Å². The monoisotopic (exact) mass is 208 g/mol. The van der Waals surface area contributed by atoms with Gasteiger partial charge >= 0.3 is 0 Å². The van der Waals surface area contributed by atoms with Gasteiger partial charge < -0.3 is 10.5 Å². The number of rotatable bonds is 4. The summed E-state index contributed by atoms with van der Waals surface area (Å²) in [4.78, 5) is 4.37. The molecule has 0 aliphatic carbocycles. The Labute approximate surface area is 91.7 Å². The smallest absolute Gasteiger partial charge is 0.218 e. The predicted octanol–water partition coefficient (Wildman–Crippen LogP) is 2.19. The normalized spacial score (nSPS) is 10.8. The lowest BCUT2D eigenvalue weighted by atomic mass is 10.1. The van der Waals surface area contributed by atoms with Crippen molar-refractivity contribution >= 4 is 0 Å². The van der Waals surface area contributed by atoms with Crippen LogP contribution < -0.4 is 10.5 Å². The van der Waals surface area contributed by atoms with Crippen molar-refractivity contribution in [3.8, 4) is 5.88 Å². The van der Waals surface area contributed by atoms with Crippen LogP contribution in [0.3, 0.4) is 0 Å². The minimum absolute atomic E-state index is 0.479. The van der Waals surface area contributed by atoms with Crippen molar-refractivity contribution in [3.63, 3.8) is 0 Å². The summed E-state index contributed by atoms with van der Waals surface area (Å²) in [6.45, 7) is 9.40. The van der Waals surface area contributed by atoms with Gasteiger partial charge in [0.25, 0.3) is 0 Å². The Balaban J connectivity index is 2.93. The van der Waals surface area contributed by atoms with Crippen LogP contribution in [0.25, 0.3) is 0 Å². The molecule has 84 valence electrons. The summed E-state index contributed by atoms with van der Waals surface area (Å²) < 4.78 is 5.66. The molecule has 0 radical (unpaired) electrons. The Bertz CT molecular complexity index is 335. The molecule has 15 heavy (non-hydrogen) atoms. The first-order valence-corrected chi connectivity index (χ1v) is 5.34. The summed E-state index contributed by atoms with van der Waals surface area (Å²) in [5.41, 5.74) is 8.83. The third-order valence-electron chi connectivity index (χ3n) is 2.19. The van der Waals surface area contributed by atoms with Crippen LogP contribution in [0.5, 0.6) is 5.88 Å². The minimum Gasteiger partial charge on any atom is -0.477 e. The van der Waals surface area contributed by atoms with Crippen LogP contribution in [0, 0.1) is 19.8 Å². The van der Waals surface area contributed by atoms with Crippen molar-refractivity contribution < 1.29 is 4.74 Å². The molecule has 0 amide bonds. The Hall–Kier alpha value is -1.09. The summed E-state index contributed by atoms with van der Waals surface area (Å²) >= 11 is 0. The highest BCUT2D eigenvalue weighted by Crippen LogP contribution is 2.20. The maximum absolute atomic E-state index is 5.69. The molecule has 0 saturated carbocycles. The zero-order valence-electron chi connectivity index (χ0n) is 10.0. The first-order valence-electron chi connectivity index (χ1n) is 5.34. The second kappa shape index (κ2) is 5.12. The second-order valence-electron chi connectivity index (χ2n) is 4.27. The standard InChI is InChI=1S/C12H20N2O/c1-8(2)7-15-12-11(6-13)9(3)5-10(4)14-12/h5,8H,6-7,13H2,1-4H3. The van der Waals surface area contributed by atoms with Crippen LogP contribution >= 0.6 is 0 Å². The molecule has 0 aliphatic rings. The van der Waals surface area contributed by atoms with Gasteiger partial charge in [0, 0.05) is 17.8 Å². The fourth-order valence-corrected chi connectivity index (χ4v) is 1.44. The van der Waals surface area contributed by atoms with E-state index < -0.39 is 0 Å². The van der Waals surface area contributed by atoms with Gasteiger partial charge in [-0.2, -0.15) is 0 Å². The van der Waals surface area contributed by atoms with Crippen LogP contribution in [0.15, 0.2) is 6.07 Å². The van der Waals surface area contributed by atoms with Gasteiger partial charge in [0.2, 0.25) is 5.88 Å². The van der Waals surface area contributed by atoms with E-state index in [1.165, 1.54) is 0 Å². The number of nitrogens with two attached hydrogens (primary N) is 1. The zero-order chi connectivity index (χ0) is 11.4. The molecule has 1 aromatic rings. The number of pyridine rings is 1. The van der Waals surface area contributed by atoms with Crippen molar-refractivity contribution in [2.45, 2.75) is 34.2 Å². The molecule has 0 saturated heterocycles. The fourth-order valence-electron chi connectivity index (χ4n) is 1.44. The third kappa shape index (κ3) is 3.20. The minimum atomic E-state index is 0.479. The highest BCUT2D eigenvalue weighted by Gasteiger charge is 2.09. The Morgan fingerprint density at radius 1 is 1.40 bits per heavy atom. The van der Waals surface area contributed by atoms with Gasteiger partial charge in [-0.05, 0) is 31.4 Å². The average Bonchev–Trinajstić information content (AvgIpc) is 2.13. The van der Waals surface area contributed by atoms with E-state index in [1.54, 1.807) is 0 Å². The lowest BCUT2D eigenvalue weighted by Gasteiger charge is -2.13. The number of ether oxygens (including phenoxy) is 1. The molecule has 0 atom stereocenters. The van der Waals surface area contributed by atoms with E-state index in [-0.39, 0.29) is 0 Å². The summed E-state index contributed by atoms with van der Waals surface area (Å²) in [7, 11) is 0. The quantitative estimate of drug-likeness (QED) is 0.825. The van der Waals surface area contributed by atoms with Crippen molar-refractivity contribution in [3.05, 3.63) is 22.9 Å². The maximum Gasteiger partial charge on any atom is 0.218 e. The molecule has 1 rings (SSSR count). The molecular weight excluding hydrogens is 188 g/mol. The van der Waals surface area contributed by atoms with Gasteiger partial charge in [-0.15, -0.1) is 0 Å². The zero-order valence-corrected chi connectivity index (χ0v) is 10.0. The molecule has 0 fully saturated rings. The first-order chi connectivity index (χ1) is 7.04. The van der Waals surface area contributed by atoms with Crippen LogP contribution in [0.2, 0.25) is 0 Å². The van der Waals surface area contributed by atoms with E-state index in [9.17, 15) is 0 Å². The number of hydrogen-bond acceptors (Lipinski definition) is 3.